The molecule has 0 bridgehead atoms. The van der Waals surface area contributed by atoms with E-state index in [4.69, 9.17) is 5.73 Å². The number of benzene rings is 2. The van der Waals surface area contributed by atoms with Gasteiger partial charge < -0.3 is 20.6 Å². The Morgan fingerprint density at radius 1 is 0.812 bits per heavy atom. The van der Waals surface area contributed by atoms with Crippen LogP contribution in [-0.4, -0.2) is 40.8 Å². The minimum absolute atomic E-state index is 0.0126. The summed E-state index contributed by atoms with van der Waals surface area (Å²) in [6.07, 6.45) is 1.44. The number of hydrogen-bond donors (Lipinski definition) is 3. The van der Waals surface area contributed by atoms with Crippen molar-refractivity contribution in [1.29, 1.82) is 0 Å². The Morgan fingerprint density at radius 2 is 1.34 bits per heavy atom. The number of hydrogen-bond acceptors (Lipinski definition) is 3. The first-order chi connectivity index (χ1) is 15.4. The Morgan fingerprint density at radius 3 is 1.94 bits per heavy atom. The molecular weight excluding hydrogens is 406 g/mol. The van der Waals surface area contributed by atoms with E-state index in [1.54, 1.807) is 9.80 Å². The van der Waals surface area contributed by atoms with Gasteiger partial charge in [0.05, 0.1) is 5.69 Å². The summed E-state index contributed by atoms with van der Waals surface area (Å²) in [5, 5.41) is 1.94. The normalized spacial score (nSPS) is 14.9. The molecule has 3 amide bonds. The zero-order valence-corrected chi connectivity index (χ0v) is 17.5. The summed E-state index contributed by atoms with van der Waals surface area (Å²) < 4.78 is 0. The highest BCUT2D eigenvalue weighted by Gasteiger charge is 2.30. The first kappa shape index (κ1) is 18.7. The molecule has 0 fully saturated rings. The van der Waals surface area contributed by atoms with Crippen molar-refractivity contribution < 1.29 is 14.4 Å². The molecular formula is C24H21N5O3. The molecule has 0 radical (unpaired) electrons. The van der Waals surface area contributed by atoms with Crippen LogP contribution in [0.3, 0.4) is 0 Å². The molecule has 0 spiro atoms. The highest BCUT2D eigenvalue weighted by molar-refractivity contribution is 6.11. The van der Waals surface area contributed by atoms with Crippen molar-refractivity contribution in [2.24, 2.45) is 5.73 Å². The number of H-pyrrole nitrogens is 2. The molecule has 32 heavy (non-hydrogen) atoms. The van der Waals surface area contributed by atoms with Gasteiger partial charge in [-0.05, 0) is 60.4 Å². The van der Waals surface area contributed by atoms with Crippen molar-refractivity contribution in [3.63, 3.8) is 0 Å². The monoisotopic (exact) mass is 427 g/mol. The van der Waals surface area contributed by atoms with Crippen molar-refractivity contribution in [1.82, 2.24) is 9.97 Å². The number of fused-ring (bicyclic) bond motifs is 6. The third kappa shape index (κ3) is 2.52. The van der Waals surface area contributed by atoms with Gasteiger partial charge in [0, 0.05) is 53.2 Å². The smallest absolute Gasteiger partial charge is 0.319 e. The van der Waals surface area contributed by atoms with Gasteiger partial charge in [0.15, 0.2) is 5.78 Å². The third-order valence-corrected chi connectivity index (χ3v) is 6.65. The van der Waals surface area contributed by atoms with Gasteiger partial charge in [-0.3, -0.25) is 14.5 Å². The van der Waals surface area contributed by atoms with Crippen molar-refractivity contribution >= 4 is 50.9 Å². The van der Waals surface area contributed by atoms with Crippen LogP contribution in [0.15, 0.2) is 36.4 Å². The van der Waals surface area contributed by atoms with Gasteiger partial charge in [0.1, 0.15) is 5.69 Å². The molecule has 4 N–H and O–H groups in total. The SMILES string of the molecule is CC(=O)c1cc2c3c(ccc2[nH]1)N(C(=O)c1cc2c4c(ccc2[nH]1)N(C(N)=O)CC4)CC3. The molecule has 0 unspecified atom stereocenters. The predicted octanol–water partition coefficient (Wildman–Crippen LogP) is 3.50. The fourth-order valence-electron chi connectivity index (χ4n) is 5.11. The maximum atomic E-state index is 13.4. The van der Waals surface area contributed by atoms with E-state index in [0.29, 0.717) is 30.9 Å². The van der Waals surface area contributed by atoms with Crippen LogP contribution in [0.1, 0.15) is 39.0 Å². The topological polar surface area (TPSA) is 115 Å². The molecule has 0 atom stereocenters. The van der Waals surface area contributed by atoms with Crippen LogP contribution in [0.25, 0.3) is 21.8 Å². The number of urea groups is 1. The molecule has 0 saturated heterocycles. The van der Waals surface area contributed by atoms with Gasteiger partial charge in [-0.2, -0.15) is 0 Å². The van der Waals surface area contributed by atoms with Crippen molar-refractivity contribution in [2.45, 2.75) is 19.8 Å². The van der Waals surface area contributed by atoms with Crippen LogP contribution < -0.4 is 15.5 Å². The highest BCUT2D eigenvalue weighted by atomic mass is 16.2. The molecule has 8 heteroatoms. The maximum Gasteiger partial charge on any atom is 0.319 e. The minimum Gasteiger partial charge on any atom is -0.352 e. The minimum atomic E-state index is -0.465. The largest absolute Gasteiger partial charge is 0.352 e. The van der Waals surface area contributed by atoms with Gasteiger partial charge in [-0.25, -0.2) is 4.79 Å². The standard InChI is InChI=1S/C24H21N5O3/c1-12(30)19-10-15-13-6-8-28(21(13)4-2-17(15)26-19)23(31)20-11-16-14-7-9-29(24(25)32)22(14)5-3-18(16)27-20/h2-5,10-11,26-27H,6-9H2,1H3,(H2,25,32). The van der Waals surface area contributed by atoms with Gasteiger partial charge in [-0.1, -0.05) is 0 Å². The van der Waals surface area contributed by atoms with Crippen molar-refractivity contribution in [3.8, 4) is 0 Å². The van der Waals surface area contributed by atoms with Crippen LogP contribution in [0, 0.1) is 0 Å². The molecule has 160 valence electrons. The number of amides is 3. The second-order valence-electron chi connectivity index (χ2n) is 8.42. The number of Topliss-reactive ketones (excluding diaryl/α,β-unsaturated/α-hetero) is 1. The van der Waals surface area contributed by atoms with E-state index in [2.05, 4.69) is 9.97 Å². The van der Waals surface area contributed by atoms with Gasteiger partial charge in [-0.15, -0.1) is 0 Å². The van der Waals surface area contributed by atoms with E-state index in [1.165, 1.54) is 6.92 Å². The number of primary amides is 1. The Kier molecular flexibility index (Phi) is 3.77. The summed E-state index contributed by atoms with van der Waals surface area (Å²) in [5.41, 5.74) is 12.1. The summed E-state index contributed by atoms with van der Waals surface area (Å²) >= 11 is 0. The summed E-state index contributed by atoms with van der Waals surface area (Å²) in [7, 11) is 0. The molecule has 2 aromatic heterocycles. The zero-order valence-electron chi connectivity index (χ0n) is 17.5. The number of ketones is 1. The number of aromatic amines is 2. The molecule has 2 aliphatic rings. The molecule has 4 aromatic rings. The lowest BCUT2D eigenvalue weighted by molar-refractivity contribution is 0.0983. The number of carbonyl (C=O) groups is 3. The number of carbonyl (C=O) groups excluding carboxylic acids is 3. The molecule has 2 aromatic carbocycles. The molecule has 2 aliphatic heterocycles. The Hall–Kier alpha value is -4.07. The van der Waals surface area contributed by atoms with E-state index in [9.17, 15) is 14.4 Å². The number of aromatic nitrogens is 2. The lowest BCUT2D eigenvalue weighted by Crippen LogP contribution is -2.33. The Balaban J connectivity index is 1.39. The van der Waals surface area contributed by atoms with E-state index in [-0.39, 0.29) is 11.7 Å². The lowest BCUT2D eigenvalue weighted by Gasteiger charge is -2.16. The predicted molar refractivity (Wildman–Crippen MR) is 123 cm³/mol. The van der Waals surface area contributed by atoms with Gasteiger partial charge in [0.25, 0.3) is 5.91 Å². The molecule has 6 rings (SSSR count). The summed E-state index contributed by atoms with van der Waals surface area (Å²) in [6, 6.07) is 10.9. The first-order valence-electron chi connectivity index (χ1n) is 10.6. The first-order valence-corrected chi connectivity index (χ1v) is 10.6. The molecule has 0 saturated carbocycles. The lowest BCUT2D eigenvalue weighted by atomic mass is 10.1. The van der Waals surface area contributed by atoms with E-state index in [0.717, 1.165) is 50.7 Å². The fraction of sp³-hybridized carbons (Fsp3) is 0.208. The number of anilines is 2. The molecule has 8 nitrogen and oxygen atoms in total. The van der Waals surface area contributed by atoms with Gasteiger partial charge >= 0.3 is 6.03 Å². The average Bonchev–Trinajstić information content (AvgIpc) is 3.54. The zero-order chi connectivity index (χ0) is 22.1. The number of nitrogens with two attached hydrogens (primary N) is 1. The summed E-state index contributed by atoms with van der Waals surface area (Å²) in [6.45, 7) is 2.67. The van der Waals surface area contributed by atoms with Crippen LogP contribution in [0.5, 0.6) is 0 Å². The van der Waals surface area contributed by atoms with E-state index < -0.39 is 6.03 Å². The quantitative estimate of drug-likeness (QED) is 0.425. The van der Waals surface area contributed by atoms with Crippen LogP contribution in [0.2, 0.25) is 0 Å². The average molecular weight is 427 g/mol. The van der Waals surface area contributed by atoms with Crippen LogP contribution in [0.4, 0.5) is 16.2 Å². The Bertz CT molecular complexity index is 1480. The Labute approximate surface area is 183 Å². The molecule has 0 aliphatic carbocycles. The van der Waals surface area contributed by atoms with Crippen molar-refractivity contribution in [3.05, 3.63) is 58.9 Å². The number of nitrogens with one attached hydrogen (secondary N) is 2. The highest BCUT2D eigenvalue weighted by Crippen LogP contribution is 2.37. The van der Waals surface area contributed by atoms with Crippen molar-refractivity contribution in [2.75, 3.05) is 22.9 Å². The molecule has 4 heterocycles. The van der Waals surface area contributed by atoms with Crippen LogP contribution in [-0.2, 0) is 12.8 Å². The van der Waals surface area contributed by atoms with Crippen LogP contribution >= 0.6 is 0 Å². The maximum absolute atomic E-state index is 13.4. The summed E-state index contributed by atoms with van der Waals surface area (Å²) in [5.74, 6) is -0.110. The number of rotatable bonds is 2. The second-order valence-corrected chi connectivity index (χ2v) is 8.42. The fourth-order valence-corrected chi connectivity index (χ4v) is 5.11. The van der Waals surface area contributed by atoms with E-state index >= 15 is 0 Å². The third-order valence-electron chi connectivity index (χ3n) is 6.65. The number of nitrogens with zero attached hydrogens (tertiary/aromatic N) is 2. The van der Waals surface area contributed by atoms with Gasteiger partial charge in [0.2, 0.25) is 0 Å². The summed E-state index contributed by atoms with van der Waals surface area (Å²) in [4.78, 5) is 46.7. The second kappa shape index (κ2) is 6.46. The van der Waals surface area contributed by atoms with E-state index in [1.807, 2.05) is 36.4 Å².